The molecular formula is C46H66O12. The van der Waals surface area contributed by atoms with Crippen molar-refractivity contribution in [2.45, 2.75) is 96.7 Å². The summed E-state index contributed by atoms with van der Waals surface area (Å²) >= 11 is 0. The third-order valence-corrected chi connectivity index (χ3v) is 8.51. The van der Waals surface area contributed by atoms with E-state index in [9.17, 15) is 14.4 Å². The number of hydrogen-bond donors (Lipinski definition) is 0. The van der Waals surface area contributed by atoms with Crippen LogP contribution in [0.1, 0.15) is 113 Å². The smallest absolute Gasteiger partial charge is 0.343 e. The highest BCUT2D eigenvalue weighted by Gasteiger charge is 2.23. The van der Waals surface area contributed by atoms with Gasteiger partial charge in [-0.1, -0.05) is 57.0 Å². The van der Waals surface area contributed by atoms with Gasteiger partial charge in [0.1, 0.15) is 12.0 Å². The maximum Gasteiger partial charge on any atom is 0.343 e. The third-order valence-electron chi connectivity index (χ3n) is 8.51. The number of benzene rings is 2. The number of carbonyl (C=O) groups excluding carboxylic acids is 4. The van der Waals surface area contributed by atoms with Crippen LogP contribution in [-0.2, 0) is 38.1 Å². The molecule has 1 fully saturated rings. The second kappa shape index (κ2) is 35.4. The summed E-state index contributed by atoms with van der Waals surface area (Å²) in [6, 6.07) is 12.3. The fourth-order valence-electron chi connectivity index (χ4n) is 5.50. The number of hydrogen-bond acceptors (Lipinski definition) is 12. The topological polar surface area (TPSA) is 142 Å². The minimum atomic E-state index is -0.504. The van der Waals surface area contributed by atoms with Crippen LogP contribution in [0.2, 0.25) is 0 Å². The molecule has 1 aliphatic rings. The van der Waals surface area contributed by atoms with Gasteiger partial charge in [0, 0.05) is 31.3 Å². The second-order valence-corrected chi connectivity index (χ2v) is 13.3. The van der Waals surface area contributed by atoms with Gasteiger partial charge in [0.05, 0.1) is 45.2 Å². The zero-order valence-corrected chi connectivity index (χ0v) is 34.7. The number of aldehydes is 1. The van der Waals surface area contributed by atoms with Crippen molar-refractivity contribution < 1.29 is 57.1 Å². The van der Waals surface area contributed by atoms with E-state index in [4.69, 9.17) is 42.7 Å². The van der Waals surface area contributed by atoms with Gasteiger partial charge in [-0.25, -0.2) is 9.59 Å². The lowest BCUT2D eigenvalue weighted by molar-refractivity contribution is -0.206. The predicted octanol–water partition coefficient (Wildman–Crippen LogP) is 9.51. The Morgan fingerprint density at radius 3 is 1.84 bits per heavy atom. The first-order chi connectivity index (χ1) is 28.4. The second-order valence-electron chi connectivity index (χ2n) is 13.3. The van der Waals surface area contributed by atoms with Crippen LogP contribution in [0.5, 0.6) is 17.2 Å². The van der Waals surface area contributed by atoms with Crippen molar-refractivity contribution >= 4 is 24.7 Å². The molecule has 2 aromatic rings. The van der Waals surface area contributed by atoms with E-state index in [1.165, 1.54) is 6.08 Å². The molecule has 58 heavy (non-hydrogen) atoms. The Balaban J connectivity index is 0.00000222. The fourth-order valence-corrected chi connectivity index (χ4v) is 5.50. The van der Waals surface area contributed by atoms with Gasteiger partial charge in [-0.2, -0.15) is 0 Å². The predicted molar refractivity (Wildman–Crippen MR) is 224 cm³/mol. The van der Waals surface area contributed by atoms with Crippen LogP contribution >= 0.6 is 0 Å². The zero-order chi connectivity index (χ0) is 42.5. The summed E-state index contributed by atoms with van der Waals surface area (Å²) in [7, 11) is 1.71. The summed E-state index contributed by atoms with van der Waals surface area (Å²) in [4.78, 5) is 43.6. The maximum absolute atomic E-state index is 13.2. The summed E-state index contributed by atoms with van der Waals surface area (Å²) in [6.45, 7) is 16.1. The fraction of sp³-hybridized carbons (Fsp3) is 0.522. The minimum Gasteiger partial charge on any atom is -0.490 e. The Morgan fingerprint density at radius 2 is 1.28 bits per heavy atom. The van der Waals surface area contributed by atoms with Crippen LogP contribution in [-0.4, -0.2) is 78.1 Å². The molecule has 0 spiro atoms. The van der Waals surface area contributed by atoms with Crippen molar-refractivity contribution in [1.82, 2.24) is 0 Å². The van der Waals surface area contributed by atoms with E-state index >= 15 is 0 Å². The average Bonchev–Trinajstić information content (AvgIpc) is 3.25. The normalized spacial score (nSPS) is 14.2. The van der Waals surface area contributed by atoms with E-state index in [0.717, 1.165) is 102 Å². The van der Waals surface area contributed by atoms with Crippen molar-refractivity contribution in [3.05, 3.63) is 91.6 Å². The Kier molecular flexibility index (Phi) is 31.3. The van der Waals surface area contributed by atoms with Gasteiger partial charge in [0.15, 0.2) is 17.8 Å². The first-order valence-electron chi connectivity index (χ1n) is 20.3. The van der Waals surface area contributed by atoms with Crippen LogP contribution in [0.4, 0.5) is 0 Å². The molecule has 12 heteroatoms. The van der Waals surface area contributed by atoms with Gasteiger partial charge in [-0.3, -0.25) is 9.59 Å². The number of unbranched alkanes of at least 4 members (excludes halogenated alkanes) is 9. The van der Waals surface area contributed by atoms with Gasteiger partial charge >= 0.3 is 11.9 Å². The number of esters is 2. The van der Waals surface area contributed by atoms with Gasteiger partial charge in [0.2, 0.25) is 0 Å². The highest BCUT2D eigenvalue weighted by molar-refractivity contribution is 5.91. The molecule has 0 unspecified atom stereocenters. The van der Waals surface area contributed by atoms with Crippen LogP contribution in [0, 0.1) is 5.92 Å². The SMILES string of the molecule is C=CC.C=CC(=O)OCCCCCCOc1cc(C(=O)Oc2ccc(C3OCC(CCCCCCOC=O)CO3)cc2)ccc1OCCCCCCOC.C=CC=O. The monoisotopic (exact) mass is 810 g/mol. The Hall–Kier alpha value is -4.78. The molecule has 0 N–H and O–H groups in total. The van der Waals surface area contributed by atoms with Crippen molar-refractivity contribution in [1.29, 1.82) is 0 Å². The van der Waals surface area contributed by atoms with Gasteiger partial charge in [-0.15, -0.1) is 6.58 Å². The van der Waals surface area contributed by atoms with E-state index in [2.05, 4.69) is 19.7 Å². The van der Waals surface area contributed by atoms with Gasteiger partial charge < -0.3 is 37.9 Å². The lowest BCUT2D eigenvalue weighted by atomic mass is 10.0. The quantitative estimate of drug-likeness (QED) is 0.0193. The summed E-state index contributed by atoms with van der Waals surface area (Å²) in [5.41, 5.74) is 1.21. The van der Waals surface area contributed by atoms with E-state index in [1.807, 2.05) is 19.1 Å². The molecule has 0 atom stereocenters. The molecule has 0 aromatic heterocycles. The standard InChI is InChI=1S/C40H56O11.C3H4O.C3H6/c1-3-38(42)48-27-15-9-8-14-26-47-37-28-34(19-22-36(37)46-25-13-7-6-11-23-44-2)39(43)51-35-20-17-33(18-21-35)40-49-29-32(30-50-40)16-10-4-5-12-24-45-31-41;1-2-3-4;1-3-2/h3,17-22,28,31-32,40H,1,4-16,23-27,29-30H2,2H3;2-3H,1H2;3H,1H2,2H3. The lowest BCUT2D eigenvalue weighted by Gasteiger charge is -2.29. The third kappa shape index (κ3) is 24.8. The lowest BCUT2D eigenvalue weighted by Crippen LogP contribution is -2.27. The summed E-state index contributed by atoms with van der Waals surface area (Å²) < 4.78 is 44.7. The van der Waals surface area contributed by atoms with Crippen LogP contribution in [0.25, 0.3) is 0 Å². The van der Waals surface area contributed by atoms with Gasteiger partial charge in [-0.05, 0) is 101 Å². The molecular weight excluding hydrogens is 744 g/mol. The van der Waals surface area contributed by atoms with E-state index < -0.39 is 18.2 Å². The first kappa shape index (κ1) is 51.2. The number of rotatable bonds is 29. The Labute approximate surface area is 345 Å². The highest BCUT2D eigenvalue weighted by Crippen LogP contribution is 2.31. The summed E-state index contributed by atoms with van der Waals surface area (Å²) in [5, 5.41) is 0. The number of ether oxygens (including phenoxy) is 8. The highest BCUT2D eigenvalue weighted by atomic mass is 16.7. The van der Waals surface area contributed by atoms with E-state index in [-0.39, 0.29) is 0 Å². The molecule has 3 rings (SSSR count). The molecule has 0 bridgehead atoms. The molecule has 322 valence electrons. The van der Waals surface area contributed by atoms with Gasteiger partial charge in [0.25, 0.3) is 6.47 Å². The maximum atomic E-state index is 13.2. The molecule has 0 radical (unpaired) electrons. The van der Waals surface area contributed by atoms with Crippen LogP contribution < -0.4 is 14.2 Å². The summed E-state index contributed by atoms with van der Waals surface area (Å²) in [5.74, 6) is 0.924. The van der Waals surface area contributed by atoms with Crippen LogP contribution in [0.3, 0.4) is 0 Å². The molecule has 1 heterocycles. The molecule has 1 aliphatic heterocycles. The molecule has 0 saturated carbocycles. The molecule has 0 amide bonds. The van der Waals surface area contributed by atoms with Crippen molar-refractivity contribution in [3.8, 4) is 17.2 Å². The zero-order valence-electron chi connectivity index (χ0n) is 34.7. The number of carbonyl (C=O) groups is 4. The van der Waals surface area contributed by atoms with E-state index in [1.54, 1.807) is 43.5 Å². The Bertz CT molecular complexity index is 1410. The first-order valence-corrected chi connectivity index (χ1v) is 20.3. The van der Waals surface area contributed by atoms with E-state index in [0.29, 0.717) is 81.1 Å². The van der Waals surface area contributed by atoms with Crippen LogP contribution in [0.15, 0.2) is 80.4 Å². The summed E-state index contributed by atoms with van der Waals surface area (Å²) in [6.07, 6.45) is 16.8. The molecule has 2 aromatic carbocycles. The van der Waals surface area contributed by atoms with Crippen molar-refractivity contribution in [3.63, 3.8) is 0 Å². The number of methoxy groups -OCH3 is 1. The Morgan fingerprint density at radius 1 is 0.724 bits per heavy atom. The molecule has 12 nitrogen and oxygen atoms in total. The van der Waals surface area contributed by atoms with Crippen molar-refractivity contribution in [2.24, 2.45) is 5.92 Å². The number of allylic oxidation sites excluding steroid dienone is 2. The largest absolute Gasteiger partial charge is 0.490 e. The minimum absolute atomic E-state index is 0.351. The van der Waals surface area contributed by atoms with Crippen molar-refractivity contribution in [2.75, 3.05) is 53.4 Å². The average molecular weight is 811 g/mol. The molecule has 0 aliphatic carbocycles. The molecule has 1 saturated heterocycles.